The molecule has 0 radical (unpaired) electrons. The van der Waals surface area contributed by atoms with Gasteiger partial charge in [-0.2, -0.15) is 0 Å². The van der Waals surface area contributed by atoms with Gasteiger partial charge in [-0.05, 0) is 60.8 Å². The number of esters is 2. The number of ether oxygens (including phenoxy) is 3. The number of anilines is 1. The van der Waals surface area contributed by atoms with Gasteiger partial charge in [-0.25, -0.2) is 20.0 Å². The third kappa shape index (κ3) is 7.49. The molecule has 2 aromatic heterocycles. The maximum absolute atomic E-state index is 13.9. The summed E-state index contributed by atoms with van der Waals surface area (Å²) >= 11 is 0. The fourth-order valence-electron chi connectivity index (χ4n) is 3.90. The van der Waals surface area contributed by atoms with Crippen molar-refractivity contribution in [1.82, 2.24) is 24.6 Å². The minimum Gasteiger partial charge on any atom is -0.466 e. The van der Waals surface area contributed by atoms with E-state index in [4.69, 9.17) is 24.5 Å². The van der Waals surface area contributed by atoms with Gasteiger partial charge in [0.2, 0.25) is 0 Å². The Kier molecular flexibility index (Phi) is 9.51. The molecule has 1 aliphatic rings. The van der Waals surface area contributed by atoms with Crippen molar-refractivity contribution in [3.8, 4) is 0 Å². The minimum atomic E-state index is -3.74. The summed E-state index contributed by atoms with van der Waals surface area (Å²) in [5, 5.41) is 2.85. The number of imidazole rings is 1. The molecule has 0 amide bonds. The van der Waals surface area contributed by atoms with E-state index in [1.165, 1.54) is 6.33 Å². The van der Waals surface area contributed by atoms with Crippen molar-refractivity contribution >= 4 is 36.4 Å². The summed E-state index contributed by atoms with van der Waals surface area (Å²) in [5.74, 6) is -0.568. The Balaban J connectivity index is 1.68. The van der Waals surface area contributed by atoms with Crippen molar-refractivity contribution in [2.45, 2.75) is 85.1 Å². The number of nitrogen functional groups attached to an aromatic ring is 1. The van der Waals surface area contributed by atoms with Crippen LogP contribution < -0.4 is 10.8 Å². The highest BCUT2D eigenvalue weighted by Crippen LogP contribution is 2.52. The molecule has 14 heteroatoms. The fourth-order valence-corrected chi connectivity index (χ4v) is 5.89. The molecule has 38 heavy (non-hydrogen) atoms. The molecule has 2 heterocycles. The van der Waals surface area contributed by atoms with Crippen LogP contribution in [0.2, 0.25) is 0 Å². The predicted octanol–water partition coefficient (Wildman–Crippen LogP) is 3.03. The van der Waals surface area contributed by atoms with Crippen LogP contribution in [0.3, 0.4) is 0 Å². The number of aromatic nitrogens is 4. The number of rotatable bonds is 15. The molecule has 0 bridgehead atoms. The van der Waals surface area contributed by atoms with Gasteiger partial charge in [-0.15, -0.1) is 0 Å². The number of fused-ring (bicyclic) bond motifs is 1. The molecule has 0 saturated heterocycles. The van der Waals surface area contributed by atoms with E-state index in [1.54, 1.807) is 52.4 Å². The van der Waals surface area contributed by atoms with E-state index in [9.17, 15) is 14.2 Å². The largest absolute Gasteiger partial charge is 0.466 e. The zero-order chi connectivity index (χ0) is 28.1. The van der Waals surface area contributed by atoms with Gasteiger partial charge >= 0.3 is 11.9 Å². The lowest BCUT2D eigenvalue weighted by Crippen LogP contribution is -2.47. The molecule has 3 rings (SSSR count). The normalized spacial score (nSPS) is 17.2. The lowest BCUT2D eigenvalue weighted by molar-refractivity contribution is -0.153. The van der Waals surface area contributed by atoms with Gasteiger partial charge in [0.25, 0.3) is 7.52 Å². The second kappa shape index (κ2) is 12.1. The van der Waals surface area contributed by atoms with E-state index in [2.05, 4.69) is 20.0 Å². The summed E-state index contributed by atoms with van der Waals surface area (Å²) in [6, 6.07) is 0. The van der Waals surface area contributed by atoms with E-state index in [1.807, 2.05) is 0 Å². The molecular weight excluding hydrogens is 515 g/mol. The lowest BCUT2D eigenvalue weighted by atomic mass is 10.0. The smallest absolute Gasteiger partial charge is 0.326 e. The average molecular weight is 555 g/mol. The van der Waals surface area contributed by atoms with Crippen LogP contribution >= 0.6 is 7.52 Å². The van der Waals surface area contributed by atoms with Crippen LogP contribution in [0.1, 0.15) is 60.8 Å². The van der Waals surface area contributed by atoms with Crippen LogP contribution in [0, 0.1) is 5.41 Å². The van der Waals surface area contributed by atoms with E-state index in [0.717, 1.165) is 0 Å². The number of carbonyl (C=O) groups is 2. The Morgan fingerprint density at radius 3 is 2.58 bits per heavy atom. The number of nitrogens with two attached hydrogens (primary N) is 1. The van der Waals surface area contributed by atoms with Gasteiger partial charge in [0.15, 0.2) is 11.5 Å². The Morgan fingerprint density at radius 1 is 1.24 bits per heavy atom. The third-order valence-corrected chi connectivity index (χ3v) is 8.15. The topological polar surface area (TPSA) is 170 Å². The van der Waals surface area contributed by atoms with Gasteiger partial charge in [0, 0.05) is 0 Å². The first-order valence-corrected chi connectivity index (χ1v) is 14.6. The second-order valence-corrected chi connectivity index (χ2v) is 12.5. The molecule has 0 aliphatic heterocycles. The molecular formula is C24H39N6O7P. The summed E-state index contributed by atoms with van der Waals surface area (Å²) in [5.41, 5.74) is 4.97. The zero-order valence-electron chi connectivity index (χ0n) is 22.9. The molecule has 1 unspecified atom stereocenters. The van der Waals surface area contributed by atoms with Crippen LogP contribution in [-0.4, -0.2) is 68.8 Å². The monoisotopic (exact) mass is 554 g/mol. The van der Waals surface area contributed by atoms with Gasteiger partial charge in [-0.1, -0.05) is 0 Å². The second-order valence-electron chi connectivity index (χ2n) is 10.4. The summed E-state index contributed by atoms with van der Waals surface area (Å²) in [4.78, 5) is 37.4. The number of carbonyl (C=O) groups excluding carboxylic acids is 2. The molecule has 1 aliphatic carbocycles. The number of nitrogens with zero attached hydrogens (tertiary/aromatic N) is 4. The summed E-state index contributed by atoms with van der Waals surface area (Å²) in [6.07, 6.45) is 3.59. The first-order valence-electron chi connectivity index (χ1n) is 12.7. The SMILES string of the molecule is CCOC(=O)C1(CCOP(=O)(CO[C@@H](C)Cn2cnc3c(N)ncnc32)NC(C)(C)C(=O)OC(C)C)CC1. The fraction of sp³-hybridized carbons (Fsp3) is 0.708. The Morgan fingerprint density at radius 2 is 1.95 bits per heavy atom. The first-order chi connectivity index (χ1) is 17.8. The molecule has 0 spiro atoms. The van der Waals surface area contributed by atoms with Crippen LogP contribution in [0.15, 0.2) is 12.7 Å². The zero-order valence-corrected chi connectivity index (χ0v) is 23.8. The van der Waals surface area contributed by atoms with Gasteiger partial charge < -0.3 is 29.0 Å². The molecule has 2 atom stereocenters. The van der Waals surface area contributed by atoms with Crippen LogP contribution in [0.5, 0.6) is 0 Å². The van der Waals surface area contributed by atoms with Crippen molar-refractivity contribution < 1.29 is 32.9 Å². The van der Waals surface area contributed by atoms with E-state index < -0.39 is 30.5 Å². The van der Waals surface area contributed by atoms with Crippen LogP contribution in [0.25, 0.3) is 11.2 Å². The number of hydrogen-bond donors (Lipinski definition) is 2. The van der Waals surface area contributed by atoms with Gasteiger partial charge in [0.1, 0.15) is 23.7 Å². The molecule has 1 fully saturated rings. The Hall–Kier alpha value is -2.60. The number of nitrogens with one attached hydrogen (secondary N) is 1. The van der Waals surface area contributed by atoms with Crippen molar-refractivity contribution in [3.05, 3.63) is 12.7 Å². The molecule has 2 aromatic rings. The quantitative estimate of drug-likeness (QED) is 0.244. The van der Waals surface area contributed by atoms with E-state index in [0.29, 0.717) is 43.6 Å². The van der Waals surface area contributed by atoms with Crippen molar-refractivity contribution in [3.63, 3.8) is 0 Å². The van der Waals surface area contributed by atoms with Crippen molar-refractivity contribution in [1.29, 1.82) is 0 Å². The van der Waals surface area contributed by atoms with E-state index in [-0.39, 0.29) is 30.8 Å². The summed E-state index contributed by atoms with van der Waals surface area (Å²) in [7, 11) is -3.74. The summed E-state index contributed by atoms with van der Waals surface area (Å²) in [6.45, 7) is 10.8. The molecule has 3 N–H and O–H groups in total. The standard InChI is InChI=1S/C24H39N6O7P/c1-7-34-22(32)24(8-9-24)10-11-36-38(33,29-23(5,6)21(31)37-16(2)3)15-35-17(4)12-30-14-28-18-19(25)26-13-27-20(18)30/h13-14,16-17H,7-12,15H2,1-6H3,(H,29,33)(H2,25,26,27)/t17-,38?/m0/s1. The minimum absolute atomic E-state index is 0.0263. The van der Waals surface area contributed by atoms with Crippen molar-refractivity contribution in [2.75, 3.05) is 25.3 Å². The molecule has 212 valence electrons. The van der Waals surface area contributed by atoms with Crippen LogP contribution in [0.4, 0.5) is 5.82 Å². The van der Waals surface area contributed by atoms with Gasteiger partial charge in [-0.3, -0.25) is 14.2 Å². The Bertz CT molecular complexity index is 1180. The first kappa shape index (κ1) is 29.9. The maximum atomic E-state index is 13.9. The summed E-state index contributed by atoms with van der Waals surface area (Å²) < 4.78 is 38.0. The highest BCUT2D eigenvalue weighted by atomic mass is 31.2. The van der Waals surface area contributed by atoms with Gasteiger partial charge in [0.05, 0.1) is 43.7 Å². The molecule has 0 aromatic carbocycles. The maximum Gasteiger partial charge on any atom is 0.326 e. The average Bonchev–Trinajstić information content (AvgIpc) is 3.51. The predicted molar refractivity (Wildman–Crippen MR) is 140 cm³/mol. The molecule has 13 nitrogen and oxygen atoms in total. The highest BCUT2D eigenvalue weighted by molar-refractivity contribution is 7.56. The highest BCUT2D eigenvalue weighted by Gasteiger charge is 2.51. The number of hydrogen-bond acceptors (Lipinski definition) is 11. The Labute approximate surface area is 222 Å². The lowest BCUT2D eigenvalue weighted by Gasteiger charge is -2.31. The van der Waals surface area contributed by atoms with Crippen LogP contribution in [-0.2, 0) is 39.4 Å². The third-order valence-electron chi connectivity index (χ3n) is 6.16. The van der Waals surface area contributed by atoms with Crippen molar-refractivity contribution in [2.24, 2.45) is 5.41 Å². The van der Waals surface area contributed by atoms with E-state index >= 15 is 0 Å². The molecule has 1 saturated carbocycles.